The zero-order valence-corrected chi connectivity index (χ0v) is 14.1. The standard InChI is InChI=1S/C18H26O5/c1-5-10-19-15-12(3)14-7-6-11(2)13-8-9-17(4)21-16(20-15)18(13,14)23-22-17/h1,11-16H,6-10H2,2-4H3/t11-,12-,13?,14?,15+,16-,17?,18-/m1/s1. The van der Waals surface area contributed by atoms with E-state index >= 15 is 0 Å². The molecule has 5 heteroatoms. The van der Waals surface area contributed by atoms with Gasteiger partial charge >= 0.3 is 0 Å². The van der Waals surface area contributed by atoms with Crippen LogP contribution in [-0.4, -0.2) is 30.6 Å². The number of hydrogen-bond donors (Lipinski definition) is 0. The fourth-order valence-electron chi connectivity index (χ4n) is 5.19. The number of fused-ring (bicyclic) bond motifs is 2. The SMILES string of the molecule is C#CCO[C@H]1O[C@@H]2OC3(C)CCC4[C@H](C)CCC([C@H]1C)[C@]42OO3. The molecule has 8 atom stereocenters. The van der Waals surface area contributed by atoms with Crippen LogP contribution in [0.15, 0.2) is 0 Å². The summed E-state index contributed by atoms with van der Waals surface area (Å²) in [6, 6.07) is 0. The second kappa shape index (κ2) is 5.44. The van der Waals surface area contributed by atoms with Crippen molar-refractivity contribution in [3.05, 3.63) is 0 Å². The van der Waals surface area contributed by atoms with Crippen LogP contribution in [0.3, 0.4) is 0 Å². The summed E-state index contributed by atoms with van der Waals surface area (Å²) in [4.78, 5) is 11.8. The van der Waals surface area contributed by atoms with E-state index in [1.807, 2.05) is 6.92 Å². The minimum Gasteiger partial charge on any atom is -0.340 e. The molecule has 1 aliphatic carbocycles. The van der Waals surface area contributed by atoms with Gasteiger partial charge in [-0.2, -0.15) is 0 Å². The van der Waals surface area contributed by atoms with E-state index in [9.17, 15) is 0 Å². The highest BCUT2D eigenvalue weighted by Gasteiger charge is 2.69. The van der Waals surface area contributed by atoms with Gasteiger partial charge in [0.05, 0.1) is 0 Å². The zero-order chi connectivity index (χ0) is 16.2. The van der Waals surface area contributed by atoms with Gasteiger partial charge in [0.15, 0.2) is 18.2 Å². The van der Waals surface area contributed by atoms with Crippen LogP contribution in [0.25, 0.3) is 0 Å². The lowest BCUT2D eigenvalue weighted by atomic mass is 9.58. The van der Waals surface area contributed by atoms with Crippen molar-refractivity contribution >= 4 is 0 Å². The van der Waals surface area contributed by atoms with Crippen molar-refractivity contribution in [1.82, 2.24) is 0 Å². The van der Waals surface area contributed by atoms with Crippen molar-refractivity contribution in [3.63, 3.8) is 0 Å². The maximum absolute atomic E-state index is 6.23. The van der Waals surface area contributed by atoms with Gasteiger partial charge in [-0.1, -0.05) is 19.8 Å². The summed E-state index contributed by atoms with van der Waals surface area (Å²) in [5, 5.41) is 0. The first-order valence-electron chi connectivity index (χ1n) is 8.75. The average Bonchev–Trinajstić information content (AvgIpc) is 2.76. The van der Waals surface area contributed by atoms with Crippen LogP contribution in [0.2, 0.25) is 0 Å². The number of hydrogen-bond acceptors (Lipinski definition) is 5. The number of ether oxygens (including phenoxy) is 3. The van der Waals surface area contributed by atoms with E-state index in [0.717, 1.165) is 19.3 Å². The summed E-state index contributed by atoms with van der Waals surface area (Å²) in [6.45, 7) is 6.64. The average molecular weight is 322 g/mol. The maximum atomic E-state index is 6.23. The predicted molar refractivity (Wildman–Crippen MR) is 81.6 cm³/mol. The van der Waals surface area contributed by atoms with Crippen LogP contribution >= 0.6 is 0 Å². The molecule has 0 amide bonds. The van der Waals surface area contributed by atoms with Gasteiger partial charge in [0.1, 0.15) is 6.61 Å². The first kappa shape index (κ1) is 15.9. The van der Waals surface area contributed by atoms with Gasteiger partial charge in [-0.25, -0.2) is 9.78 Å². The van der Waals surface area contributed by atoms with Crippen molar-refractivity contribution < 1.29 is 24.0 Å². The third kappa shape index (κ3) is 2.20. The Morgan fingerprint density at radius 3 is 2.78 bits per heavy atom. The van der Waals surface area contributed by atoms with Gasteiger partial charge in [0.2, 0.25) is 5.79 Å². The fourth-order valence-corrected chi connectivity index (χ4v) is 5.19. The largest absolute Gasteiger partial charge is 0.340 e. The Hall–Kier alpha value is -0.640. The monoisotopic (exact) mass is 322 g/mol. The molecular weight excluding hydrogens is 296 g/mol. The summed E-state index contributed by atoms with van der Waals surface area (Å²) in [7, 11) is 0. The van der Waals surface area contributed by atoms with E-state index in [1.165, 1.54) is 6.42 Å². The molecule has 0 radical (unpaired) electrons. The topological polar surface area (TPSA) is 46.2 Å². The van der Waals surface area contributed by atoms with E-state index < -0.39 is 17.7 Å². The molecule has 5 aliphatic rings. The highest BCUT2D eigenvalue weighted by molar-refractivity contribution is 5.09. The molecule has 4 saturated heterocycles. The van der Waals surface area contributed by atoms with Crippen LogP contribution in [0.4, 0.5) is 0 Å². The molecule has 5 fully saturated rings. The Morgan fingerprint density at radius 2 is 2.00 bits per heavy atom. The summed E-state index contributed by atoms with van der Waals surface area (Å²) in [5.74, 6) is 3.20. The van der Waals surface area contributed by atoms with E-state index in [2.05, 4.69) is 19.8 Å². The third-order valence-corrected chi connectivity index (χ3v) is 6.43. The minimum absolute atomic E-state index is 0.184. The van der Waals surface area contributed by atoms with Crippen molar-refractivity contribution in [3.8, 4) is 12.3 Å². The predicted octanol–water partition coefficient (Wildman–Crippen LogP) is 2.84. The number of terminal acetylenes is 1. The molecule has 4 aliphatic heterocycles. The Kier molecular flexibility index (Phi) is 3.75. The van der Waals surface area contributed by atoms with Gasteiger partial charge in [0, 0.05) is 18.3 Å². The van der Waals surface area contributed by atoms with Gasteiger partial charge in [0.25, 0.3) is 0 Å². The lowest BCUT2D eigenvalue weighted by Gasteiger charge is -2.60. The van der Waals surface area contributed by atoms with Gasteiger partial charge in [-0.05, 0) is 38.0 Å². The Bertz CT molecular complexity index is 516. The Balaban J connectivity index is 1.72. The first-order valence-corrected chi connectivity index (χ1v) is 8.75. The lowest BCUT2D eigenvalue weighted by Crippen LogP contribution is -2.70. The molecule has 5 nitrogen and oxygen atoms in total. The van der Waals surface area contributed by atoms with Crippen LogP contribution in [-0.2, 0) is 24.0 Å². The first-order chi connectivity index (χ1) is 11.0. The third-order valence-electron chi connectivity index (χ3n) is 6.43. The van der Waals surface area contributed by atoms with Crippen LogP contribution in [0, 0.1) is 36.0 Å². The molecule has 0 aromatic heterocycles. The molecular formula is C18H26O5. The van der Waals surface area contributed by atoms with Crippen LogP contribution in [0.5, 0.6) is 0 Å². The fraction of sp³-hybridized carbons (Fsp3) is 0.889. The van der Waals surface area contributed by atoms with Crippen LogP contribution < -0.4 is 0 Å². The quantitative estimate of drug-likeness (QED) is 0.578. The molecule has 0 aromatic carbocycles. The van der Waals surface area contributed by atoms with Crippen molar-refractivity contribution in [1.29, 1.82) is 0 Å². The molecule has 23 heavy (non-hydrogen) atoms. The van der Waals surface area contributed by atoms with Gasteiger partial charge in [-0.3, -0.25) is 0 Å². The second-order valence-electron chi connectivity index (χ2n) is 7.79. The highest BCUT2D eigenvalue weighted by Crippen LogP contribution is 2.60. The molecule has 0 aromatic rings. The lowest BCUT2D eigenvalue weighted by molar-refractivity contribution is -0.577. The summed E-state index contributed by atoms with van der Waals surface area (Å²) in [5.41, 5.74) is -0.525. The summed E-state index contributed by atoms with van der Waals surface area (Å²) in [6.07, 6.45) is 8.64. The Morgan fingerprint density at radius 1 is 1.17 bits per heavy atom. The zero-order valence-electron chi connectivity index (χ0n) is 14.1. The molecule has 4 heterocycles. The molecule has 128 valence electrons. The van der Waals surface area contributed by atoms with E-state index in [4.69, 9.17) is 30.4 Å². The van der Waals surface area contributed by atoms with E-state index in [-0.39, 0.29) is 24.7 Å². The molecule has 2 bridgehead atoms. The van der Waals surface area contributed by atoms with Crippen LogP contribution in [0.1, 0.15) is 46.5 Å². The summed E-state index contributed by atoms with van der Waals surface area (Å²) >= 11 is 0. The second-order valence-corrected chi connectivity index (χ2v) is 7.79. The highest BCUT2D eigenvalue weighted by atomic mass is 17.3. The normalized spacial score (nSPS) is 54.9. The van der Waals surface area contributed by atoms with Crippen molar-refractivity contribution in [2.45, 2.75) is 70.4 Å². The molecule has 5 rings (SSSR count). The molecule has 1 spiro atoms. The smallest absolute Gasteiger partial charge is 0.201 e. The van der Waals surface area contributed by atoms with E-state index in [1.54, 1.807) is 0 Å². The maximum Gasteiger partial charge on any atom is 0.201 e. The minimum atomic E-state index is -0.741. The number of rotatable bonds is 2. The Labute approximate surface area is 137 Å². The van der Waals surface area contributed by atoms with Gasteiger partial charge < -0.3 is 14.2 Å². The van der Waals surface area contributed by atoms with Crippen molar-refractivity contribution in [2.24, 2.45) is 23.7 Å². The van der Waals surface area contributed by atoms with Gasteiger partial charge in [-0.15, -0.1) is 6.42 Å². The molecule has 0 N–H and O–H groups in total. The van der Waals surface area contributed by atoms with E-state index in [0.29, 0.717) is 11.8 Å². The molecule has 1 saturated carbocycles. The summed E-state index contributed by atoms with van der Waals surface area (Å²) < 4.78 is 18.2. The molecule has 3 unspecified atom stereocenters. The van der Waals surface area contributed by atoms with Crippen molar-refractivity contribution in [2.75, 3.05) is 6.61 Å².